The van der Waals surface area contributed by atoms with E-state index in [0.29, 0.717) is 18.8 Å². The van der Waals surface area contributed by atoms with E-state index in [9.17, 15) is 14.7 Å². The molecule has 2 atom stereocenters. The highest BCUT2D eigenvalue weighted by atomic mass is 16.4. The van der Waals surface area contributed by atoms with Crippen LogP contribution in [-0.2, 0) is 9.59 Å². The van der Waals surface area contributed by atoms with Gasteiger partial charge in [0.15, 0.2) is 0 Å². The van der Waals surface area contributed by atoms with Crippen LogP contribution in [0.1, 0.15) is 52.4 Å². The van der Waals surface area contributed by atoms with Gasteiger partial charge in [0.2, 0.25) is 5.91 Å². The second kappa shape index (κ2) is 4.31. The first-order valence-corrected chi connectivity index (χ1v) is 6.54. The Morgan fingerprint density at radius 3 is 2.35 bits per heavy atom. The fourth-order valence-corrected chi connectivity index (χ4v) is 3.23. The van der Waals surface area contributed by atoms with E-state index in [-0.39, 0.29) is 11.9 Å². The molecular weight excluding hydrogens is 218 g/mol. The molecule has 0 aromatic rings. The van der Waals surface area contributed by atoms with Gasteiger partial charge >= 0.3 is 5.97 Å². The lowest BCUT2D eigenvalue weighted by Gasteiger charge is -2.38. The first kappa shape index (κ1) is 12.4. The molecule has 1 N–H and O–H groups in total. The van der Waals surface area contributed by atoms with Gasteiger partial charge in [0.25, 0.3) is 0 Å². The third kappa shape index (κ3) is 2.05. The zero-order chi connectivity index (χ0) is 12.6. The highest BCUT2D eigenvalue weighted by molar-refractivity contribution is 5.87. The van der Waals surface area contributed by atoms with Gasteiger partial charge in [-0.25, -0.2) is 4.79 Å². The minimum atomic E-state index is -0.909. The van der Waals surface area contributed by atoms with Crippen molar-refractivity contribution >= 4 is 11.9 Å². The van der Waals surface area contributed by atoms with Crippen LogP contribution in [0.15, 0.2) is 0 Å². The van der Waals surface area contributed by atoms with E-state index in [1.54, 1.807) is 4.90 Å². The summed E-state index contributed by atoms with van der Waals surface area (Å²) in [6.07, 6.45) is 5.12. The molecule has 1 amide bonds. The first-order valence-electron chi connectivity index (χ1n) is 6.54. The van der Waals surface area contributed by atoms with Crippen molar-refractivity contribution in [1.82, 2.24) is 4.90 Å². The van der Waals surface area contributed by atoms with Gasteiger partial charge in [0.1, 0.15) is 5.54 Å². The van der Waals surface area contributed by atoms with Crippen LogP contribution in [0.2, 0.25) is 0 Å². The van der Waals surface area contributed by atoms with Crippen molar-refractivity contribution < 1.29 is 14.7 Å². The maximum atomic E-state index is 11.8. The zero-order valence-electron chi connectivity index (χ0n) is 10.6. The molecule has 0 aliphatic heterocycles. The average molecular weight is 239 g/mol. The summed E-state index contributed by atoms with van der Waals surface area (Å²) in [5.74, 6) is -0.436. The van der Waals surface area contributed by atoms with Crippen molar-refractivity contribution in [2.24, 2.45) is 5.92 Å². The summed E-state index contributed by atoms with van der Waals surface area (Å²) in [4.78, 5) is 25.1. The van der Waals surface area contributed by atoms with Crippen LogP contribution < -0.4 is 0 Å². The Bertz CT molecular complexity index is 338. The molecule has 4 nitrogen and oxygen atoms in total. The molecular formula is C13H21NO3. The molecule has 0 radical (unpaired) electrons. The van der Waals surface area contributed by atoms with Crippen molar-refractivity contribution in [3.05, 3.63) is 0 Å². The van der Waals surface area contributed by atoms with Crippen LogP contribution >= 0.6 is 0 Å². The Kier molecular flexibility index (Phi) is 3.15. The lowest BCUT2D eigenvalue weighted by molar-refractivity contribution is -0.159. The van der Waals surface area contributed by atoms with Crippen molar-refractivity contribution in [2.45, 2.75) is 64.0 Å². The number of carbonyl (C=O) groups is 2. The van der Waals surface area contributed by atoms with E-state index in [4.69, 9.17) is 0 Å². The molecule has 0 aromatic heterocycles. The number of rotatable bonds is 4. The summed E-state index contributed by atoms with van der Waals surface area (Å²) < 4.78 is 0. The molecule has 2 saturated carbocycles. The molecule has 0 bridgehead atoms. The Hall–Kier alpha value is -1.06. The third-order valence-electron chi connectivity index (χ3n) is 4.28. The summed E-state index contributed by atoms with van der Waals surface area (Å²) in [6.45, 7) is 3.60. The van der Waals surface area contributed by atoms with Crippen LogP contribution in [-0.4, -0.2) is 33.5 Å². The van der Waals surface area contributed by atoms with Crippen molar-refractivity contribution in [2.75, 3.05) is 0 Å². The summed E-state index contributed by atoms with van der Waals surface area (Å²) in [6, 6.07) is 0.180. The number of hydrogen-bond donors (Lipinski definition) is 1. The maximum absolute atomic E-state index is 11.8. The highest BCUT2D eigenvalue weighted by Gasteiger charge is 2.54. The average Bonchev–Trinajstić information content (AvgIpc) is 2.96. The molecule has 0 heterocycles. The predicted octanol–water partition coefficient (Wildman–Crippen LogP) is 2.03. The quantitative estimate of drug-likeness (QED) is 0.816. The number of nitrogens with zero attached hydrogens (tertiary/aromatic N) is 1. The Morgan fingerprint density at radius 1 is 1.35 bits per heavy atom. The summed E-state index contributed by atoms with van der Waals surface area (Å²) >= 11 is 0. The monoisotopic (exact) mass is 239 g/mol. The lowest BCUT2D eigenvalue weighted by Crippen LogP contribution is -2.56. The van der Waals surface area contributed by atoms with E-state index >= 15 is 0 Å². The number of amides is 1. The highest BCUT2D eigenvalue weighted by Crippen LogP contribution is 2.45. The van der Waals surface area contributed by atoms with Crippen LogP contribution in [0.3, 0.4) is 0 Å². The van der Waals surface area contributed by atoms with Crippen molar-refractivity contribution in [3.8, 4) is 0 Å². The van der Waals surface area contributed by atoms with E-state index in [1.165, 1.54) is 6.92 Å². The van der Waals surface area contributed by atoms with Gasteiger partial charge < -0.3 is 10.0 Å². The van der Waals surface area contributed by atoms with E-state index in [1.807, 2.05) is 0 Å². The first-order chi connectivity index (χ1) is 8.01. The molecule has 2 rings (SSSR count). The van der Waals surface area contributed by atoms with Crippen molar-refractivity contribution in [1.29, 1.82) is 0 Å². The largest absolute Gasteiger partial charge is 0.479 e. The number of hydrogen-bond acceptors (Lipinski definition) is 2. The summed E-state index contributed by atoms with van der Waals surface area (Å²) in [7, 11) is 0. The summed E-state index contributed by atoms with van der Waals surface area (Å²) in [5, 5.41) is 9.58. The minimum Gasteiger partial charge on any atom is -0.479 e. The van der Waals surface area contributed by atoms with Gasteiger partial charge in [-0.2, -0.15) is 0 Å². The number of carbonyl (C=O) groups excluding carboxylic acids is 1. The van der Waals surface area contributed by atoms with E-state index in [0.717, 1.165) is 25.7 Å². The second-order valence-electron chi connectivity index (χ2n) is 5.47. The molecule has 0 spiro atoms. The molecule has 96 valence electrons. The number of carboxylic acid groups (broad SMARTS) is 1. The van der Waals surface area contributed by atoms with Gasteiger partial charge in [-0.1, -0.05) is 13.3 Å². The normalized spacial score (nSPS) is 32.5. The Balaban J connectivity index is 2.27. The molecule has 2 fully saturated rings. The molecule has 2 unspecified atom stereocenters. The molecule has 2 aliphatic rings. The zero-order valence-corrected chi connectivity index (χ0v) is 10.6. The fraction of sp³-hybridized carbons (Fsp3) is 0.846. The Morgan fingerprint density at radius 2 is 2.00 bits per heavy atom. The van der Waals surface area contributed by atoms with Crippen LogP contribution in [0.4, 0.5) is 0 Å². The van der Waals surface area contributed by atoms with Crippen LogP contribution in [0.5, 0.6) is 0 Å². The lowest BCUT2D eigenvalue weighted by atomic mass is 9.92. The maximum Gasteiger partial charge on any atom is 0.329 e. The van der Waals surface area contributed by atoms with Crippen molar-refractivity contribution in [3.63, 3.8) is 0 Å². The third-order valence-corrected chi connectivity index (χ3v) is 4.28. The van der Waals surface area contributed by atoms with E-state index < -0.39 is 11.5 Å². The fourth-order valence-electron chi connectivity index (χ4n) is 3.23. The second-order valence-corrected chi connectivity index (χ2v) is 5.47. The number of carboxylic acids is 1. The standard InChI is InChI=1S/C13H21NO3/c1-3-10-6-7-13(8-10,12(16)17)14(9(2)15)11-4-5-11/h10-11H,3-8H2,1-2H3,(H,16,17). The Labute approximate surface area is 102 Å². The van der Waals surface area contributed by atoms with Gasteiger partial charge in [-0.3, -0.25) is 4.79 Å². The van der Waals surface area contributed by atoms with Gasteiger partial charge in [0, 0.05) is 13.0 Å². The topological polar surface area (TPSA) is 57.6 Å². The smallest absolute Gasteiger partial charge is 0.329 e. The molecule has 2 aliphatic carbocycles. The van der Waals surface area contributed by atoms with E-state index in [2.05, 4.69) is 6.92 Å². The minimum absolute atomic E-state index is 0.0772. The van der Waals surface area contributed by atoms with Gasteiger partial charge in [-0.05, 0) is 38.0 Å². The van der Waals surface area contributed by atoms with Gasteiger partial charge in [0.05, 0.1) is 0 Å². The number of aliphatic carboxylic acids is 1. The van der Waals surface area contributed by atoms with Crippen LogP contribution in [0, 0.1) is 5.92 Å². The molecule has 0 saturated heterocycles. The summed E-state index contributed by atoms with van der Waals surface area (Å²) in [5.41, 5.74) is -0.909. The van der Waals surface area contributed by atoms with Gasteiger partial charge in [-0.15, -0.1) is 0 Å². The van der Waals surface area contributed by atoms with Crippen LogP contribution in [0.25, 0.3) is 0 Å². The molecule has 17 heavy (non-hydrogen) atoms. The predicted molar refractivity (Wildman–Crippen MR) is 63.5 cm³/mol. The molecule has 0 aromatic carbocycles. The SMILES string of the molecule is CCC1CCC(C(=O)O)(N(C(C)=O)C2CC2)C1. The molecule has 4 heteroatoms.